The van der Waals surface area contributed by atoms with Gasteiger partial charge in [0.25, 0.3) is 5.89 Å². The van der Waals surface area contributed by atoms with E-state index in [1.54, 1.807) is 0 Å². The van der Waals surface area contributed by atoms with E-state index in [1.807, 2.05) is 79.7 Å². The molecule has 0 saturated carbocycles. The van der Waals surface area contributed by atoms with Crippen molar-refractivity contribution in [3.63, 3.8) is 0 Å². The van der Waals surface area contributed by atoms with Crippen molar-refractivity contribution in [1.29, 1.82) is 0 Å². The van der Waals surface area contributed by atoms with Crippen LogP contribution in [0.5, 0.6) is 5.75 Å². The molecule has 27 heavy (non-hydrogen) atoms. The zero-order valence-electron chi connectivity index (χ0n) is 14.7. The molecular weight excluding hydrogens is 360 g/mol. The molecule has 4 rings (SSSR count). The third-order valence-electron chi connectivity index (χ3n) is 4.11. The van der Waals surface area contributed by atoms with Crippen LogP contribution >= 0.6 is 11.6 Å². The average molecular weight is 377 g/mol. The van der Waals surface area contributed by atoms with Gasteiger partial charge in [0.15, 0.2) is 0 Å². The highest BCUT2D eigenvalue weighted by Gasteiger charge is 2.11. The second-order valence-corrected chi connectivity index (χ2v) is 6.62. The normalized spacial score (nSPS) is 10.7. The van der Waals surface area contributed by atoms with Gasteiger partial charge in [-0.3, -0.25) is 0 Å². The second kappa shape index (κ2) is 7.64. The number of aryl methyl sites for hydroxylation is 1. The summed E-state index contributed by atoms with van der Waals surface area (Å²) >= 11 is 6.19. The highest BCUT2D eigenvalue weighted by atomic mass is 35.5. The van der Waals surface area contributed by atoms with E-state index in [1.165, 1.54) is 0 Å². The molecule has 0 aliphatic carbocycles. The van der Waals surface area contributed by atoms with Crippen LogP contribution in [0.1, 0.15) is 11.1 Å². The van der Waals surface area contributed by atoms with Crippen molar-refractivity contribution in [2.24, 2.45) is 0 Å². The van der Waals surface area contributed by atoms with Crippen LogP contribution in [0.4, 0.5) is 0 Å². The van der Waals surface area contributed by atoms with E-state index in [4.69, 9.17) is 20.9 Å². The third-order valence-corrected chi connectivity index (χ3v) is 4.43. The molecule has 1 aromatic heterocycles. The van der Waals surface area contributed by atoms with Gasteiger partial charge >= 0.3 is 0 Å². The number of benzene rings is 3. The average Bonchev–Trinajstić information content (AvgIpc) is 3.20. The quantitative estimate of drug-likeness (QED) is 0.432. The Balaban J connectivity index is 1.53. The van der Waals surface area contributed by atoms with Crippen molar-refractivity contribution in [1.82, 2.24) is 10.1 Å². The Labute approximate surface area is 162 Å². The molecule has 4 aromatic rings. The lowest BCUT2D eigenvalue weighted by molar-refractivity contribution is 0.306. The number of ether oxygens (including phenoxy) is 1. The minimum absolute atomic E-state index is 0.399. The lowest BCUT2D eigenvalue weighted by Gasteiger charge is -2.09. The Kier molecular flexibility index (Phi) is 4.90. The summed E-state index contributed by atoms with van der Waals surface area (Å²) < 4.78 is 11.3. The summed E-state index contributed by atoms with van der Waals surface area (Å²) in [4.78, 5) is 4.50. The molecule has 0 saturated heterocycles. The van der Waals surface area contributed by atoms with Gasteiger partial charge in [0.2, 0.25) is 5.82 Å². The van der Waals surface area contributed by atoms with E-state index in [2.05, 4.69) is 10.1 Å². The minimum atomic E-state index is 0.399. The molecule has 0 aliphatic heterocycles. The Bertz CT molecular complexity index is 1060. The fourth-order valence-corrected chi connectivity index (χ4v) is 2.89. The van der Waals surface area contributed by atoms with Gasteiger partial charge < -0.3 is 9.26 Å². The maximum absolute atomic E-state index is 6.19. The van der Waals surface area contributed by atoms with Gasteiger partial charge in [-0.1, -0.05) is 65.3 Å². The molecule has 3 aromatic carbocycles. The molecule has 0 fully saturated rings. The van der Waals surface area contributed by atoms with Crippen LogP contribution in [0.3, 0.4) is 0 Å². The topological polar surface area (TPSA) is 48.2 Å². The van der Waals surface area contributed by atoms with Crippen molar-refractivity contribution < 1.29 is 9.26 Å². The molecule has 134 valence electrons. The lowest BCUT2D eigenvalue weighted by Crippen LogP contribution is -1.96. The monoisotopic (exact) mass is 376 g/mol. The summed E-state index contributed by atoms with van der Waals surface area (Å²) in [6.07, 6.45) is 0. The largest absolute Gasteiger partial charge is 0.487 e. The fraction of sp³-hybridized carbons (Fsp3) is 0.0909. The SMILES string of the molecule is Cc1ccc(Cl)c(OCc2cccc(-c3nc(-c4ccccc4)no3)c2)c1. The summed E-state index contributed by atoms with van der Waals surface area (Å²) in [7, 11) is 0. The molecule has 0 radical (unpaired) electrons. The van der Waals surface area contributed by atoms with Crippen LogP contribution in [0.25, 0.3) is 22.8 Å². The maximum Gasteiger partial charge on any atom is 0.258 e. The number of hydrogen-bond donors (Lipinski definition) is 0. The Morgan fingerprint density at radius 3 is 2.59 bits per heavy atom. The summed E-state index contributed by atoms with van der Waals surface area (Å²) in [6.45, 7) is 2.40. The summed E-state index contributed by atoms with van der Waals surface area (Å²) in [5.74, 6) is 1.72. The van der Waals surface area contributed by atoms with Crippen molar-refractivity contribution in [2.45, 2.75) is 13.5 Å². The molecule has 0 aliphatic rings. The predicted octanol–water partition coefficient (Wildman–Crippen LogP) is 5.94. The van der Waals surface area contributed by atoms with Gasteiger partial charge in [0.05, 0.1) is 5.02 Å². The maximum atomic E-state index is 6.19. The van der Waals surface area contributed by atoms with Crippen LogP contribution < -0.4 is 4.74 Å². The number of aromatic nitrogens is 2. The van der Waals surface area contributed by atoms with Crippen LogP contribution in [0.2, 0.25) is 5.02 Å². The first-order valence-electron chi connectivity index (χ1n) is 8.56. The molecule has 0 amide bonds. The summed E-state index contributed by atoms with van der Waals surface area (Å²) in [5, 5.41) is 4.67. The number of nitrogens with zero attached hydrogens (tertiary/aromatic N) is 2. The van der Waals surface area contributed by atoms with Gasteiger partial charge in [0, 0.05) is 11.1 Å². The smallest absolute Gasteiger partial charge is 0.258 e. The first kappa shape index (κ1) is 17.3. The van der Waals surface area contributed by atoms with Crippen molar-refractivity contribution in [3.05, 3.63) is 88.9 Å². The van der Waals surface area contributed by atoms with Gasteiger partial charge in [-0.15, -0.1) is 0 Å². The highest BCUT2D eigenvalue weighted by molar-refractivity contribution is 6.32. The van der Waals surface area contributed by atoms with Gasteiger partial charge in [0.1, 0.15) is 12.4 Å². The van der Waals surface area contributed by atoms with Gasteiger partial charge in [-0.05, 0) is 42.3 Å². The predicted molar refractivity (Wildman–Crippen MR) is 106 cm³/mol. The molecule has 0 spiro atoms. The van der Waals surface area contributed by atoms with E-state index in [0.717, 1.165) is 22.3 Å². The molecule has 4 nitrogen and oxygen atoms in total. The number of halogens is 1. The number of rotatable bonds is 5. The molecule has 0 bridgehead atoms. The van der Waals surface area contributed by atoms with E-state index in [9.17, 15) is 0 Å². The zero-order valence-corrected chi connectivity index (χ0v) is 15.5. The van der Waals surface area contributed by atoms with Crippen LogP contribution in [-0.2, 0) is 6.61 Å². The molecule has 0 atom stereocenters. The van der Waals surface area contributed by atoms with Gasteiger partial charge in [-0.2, -0.15) is 4.98 Å². The first-order chi connectivity index (χ1) is 13.2. The first-order valence-corrected chi connectivity index (χ1v) is 8.94. The van der Waals surface area contributed by atoms with Crippen molar-refractivity contribution in [3.8, 4) is 28.6 Å². The summed E-state index contributed by atoms with van der Waals surface area (Å²) in [6, 6.07) is 23.3. The Hall–Kier alpha value is -3.11. The Morgan fingerprint density at radius 1 is 0.926 bits per heavy atom. The van der Waals surface area contributed by atoms with Crippen LogP contribution in [0, 0.1) is 6.92 Å². The van der Waals surface area contributed by atoms with Gasteiger partial charge in [-0.25, -0.2) is 0 Å². The molecule has 0 N–H and O–H groups in total. The molecule has 1 heterocycles. The van der Waals surface area contributed by atoms with Crippen molar-refractivity contribution >= 4 is 11.6 Å². The van der Waals surface area contributed by atoms with E-state index in [0.29, 0.717) is 29.1 Å². The standard InChI is InChI=1S/C22H17ClN2O2/c1-15-10-11-19(23)20(12-15)26-14-16-6-5-9-18(13-16)22-24-21(25-27-22)17-7-3-2-4-8-17/h2-13H,14H2,1H3. The fourth-order valence-electron chi connectivity index (χ4n) is 2.72. The molecule has 5 heteroatoms. The highest BCUT2D eigenvalue weighted by Crippen LogP contribution is 2.27. The molecule has 0 unspecified atom stereocenters. The minimum Gasteiger partial charge on any atom is -0.487 e. The van der Waals surface area contributed by atoms with E-state index < -0.39 is 0 Å². The third kappa shape index (κ3) is 4.01. The Morgan fingerprint density at radius 2 is 1.74 bits per heavy atom. The van der Waals surface area contributed by atoms with Crippen molar-refractivity contribution in [2.75, 3.05) is 0 Å². The second-order valence-electron chi connectivity index (χ2n) is 6.21. The zero-order chi connectivity index (χ0) is 18.6. The van der Waals surface area contributed by atoms with Crippen LogP contribution in [-0.4, -0.2) is 10.1 Å². The lowest BCUT2D eigenvalue weighted by atomic mass is 10.1. The molecular formula is C22H17ClN2O2. The van der Waals surface area contributed by atoms with Crippen LogP contribution in [0.15, 0.2) is 77.3 Å². The van der Waals surface area contributed by atoms with E-state index in [-0.39, 0.29) is 0 Å². The van der Waals surface area contributed by atoms with E-state index >= 15 is 0 Å². The summed E-state index contributed by atoms with van der Waals surface area (Å²) in [5.41, 5.74) is 3.86. The number of hydrogen-bond acceptors (Lipinski definition) is 4.